The first-order valence-electron chi connectivity index (χ1n) is 15.8. The lowest BCUT2D eigenvalue weighted by molar-refractivity contribution is -0.119. The molecule has 2 aliphatic heterocycles. The fourth-order valence-electron chi connectivity index (χ4n) is 6.27. The number of rotatable bonds is 13. The van der Waals surface area contributed by atoms with E-state index in [9.17, 15) is 14.4 Å². The normalized spacial score (nSPS) is 17.1. The minimum absolute atomic E-state index is 0.0545. The highest BCUT2D eigenvalue weighted by Gasteiger charge is 2.33. The lowest BCUT2D eigenvalue weighted by atomic mass is 9.89. The summed E-state index contributed by atoms with van der Waals surface area (Å²) in [5, 5.41) is 8.81. The highest BCUT2D eigenvalue weighted by Crippen LogP contribution is 2.31. The molecule has 4 rings (SSSR count). The molecule has 2 aliphatic rings. The average molecular weight is 729 g/mol. The Balaban J connectivity index is 1.42. The maximum Gasteiger partial charge on any atom is 0.320 e. The van der Waals surface area contributed by atoms with Gasteiger partial charge in [-0.25, -0.2) is 4.79 Å². The molecule has 0 unspecified atom stereocenters. The number of nitrogens with one attached hydrogen (secondary N) is 1. The molecule has 2 heterocycles. The van der Waals surface area contributed by atoms with Crippen LogP contribution in [-0.2, 0) is 9.63 Å². The topological polar surface area (TPSA) is 97.8 Å². The average Bonchev–Trinajstić information content (AvgIpc) is 3.03. The molecule has 2 aromatic carbocycles. The van der Waals surface area contributed by atoms with E-state index in [1.165, 1.54) is 14.0 Å². The van der Waals surface area contributed by atoms with E-state index in [0.717, 1.165) is 51.0 Å². The van der Waals surface area contributed by atoms with Gasteiger partial charge in [-0.15, -0.1) is 0 Å². The number of halogens is 4. The molecule has 4 amide bonds. The Hall–Kier alpha value is -2.76. The first kappa shape index (κ1) is 37.1. The van der Waals surface area contributed by atoms with Gasteiger partial charge in [0.25, 0.3) is 5.91 Å². The second kappa shape index (κ2) is 17.6. The summed E-state index contributed by atoms with van der Waals surface area (Å²) < 4.78 is 0. The Morgan fingerprint density at radius 1 is 1.00 bits per heavy atom. The molecule has 0 aromatic heterocycles. The first-order chi connectivity index (χ1) is 22.5. The lowest BCUT2D eigenvalue weighted by Crippen LogP contribution is -2.56. The van der Waals surface area contributed by atoms with Gasteiger partial charge in [-0.2, -0.15) is 0 Å². The molecule has 0 bridgehead atoms. The smallest absolute Gasteiger partial charge is 0.320 e. The summed E-state index contributed by atoms with van der Waals surface area (Å²) in [5.74, 6) is -0.570. The number of oxime groups is 1. The number of urea groups is 1. The van der Waals surface area contributed by atoms with E-state index in [1.54, 1.807) is 36.2 Å². The molecular weight excluding hydrogens is 686 g/mol. The van der Waals surface area contributed by atoms with Crippen LogP contribution in [0, 0.1) is 0 Å². The summed E-state index contributed by atoms with van der Waals surface area (Å²) in [6.45, 7) is 6.57. The van der Waals surface area contributed by atoms with Gasteiger partial charge < -0.3 is 29.8 Å². The summed E-state index contributed by atoms with van der Waals surface area (Å²) in [4.78, 5) is 50.9. The molecule has 0 spiro atoms. The van der Waals surface area contributed by atoms with Gasteiger partial charge in [0.15, 0.2) is 0 Å². The van der Waals surface area contributed by atoms with Crippen molar-refractivity contribution in [3.63, 3.8) is 0 Å². The standard InChI is InChI=1S/C33H42Cl4N6O4/c1-22(44)38-10-16-42-11-4-12-43(33(42)46)27-7-13-41(14-8-27)15-9-28(23-5-6-29(36)30(37)19-23)31(39-47-3)21-40(2)32(45)24-17-25(34)20-26(35)18-24/h5-6,17-20,27-28H,4,7-16,21H2,1-3H3,(H,38,44)/b39-31+/t28-/m1/s1. The Kier molecular flexibility index (Phi) is 13.9. The van der Waals surface area contributed by atoms with E-state index in [1.807, 2.05) is 21.9 Å². The van der Waals surface area contributed by atoms with Crippen molar-refractivity contribution in [1.82, 2.24) is 24.9 Å². The fraction of sp³-hybridized carbons (Fsp3) is 0.515. The number of hydrogen-bond donors (Lipinski definition) is 1. The zero-order valence-electron chi connectivity index (χ0n) is 27.0. The van der Waals surface area contributed by atoms with Crippen LogP contribution in [0.1, 0.15) is 54.4 Å². The van der Waals surface area contributed by atoms with Gasteiger partial charge in [0.1, 0.15) is 7.11 Å². The van der Waals surface area contributed by atoms with Crippen LogP contribution in [0.2, 0.25) is 20.1 Å². The highest BCUT2D eigenvalue weighted by atomic mass is 35.5. The van der Waals surface area contributed by atoms with Crippen molar-refractivity contribution in [3.8, 4) is 0 Å². The molecule has 2 saturated heterocycles. The molecular formula is C33H42Cl4N6O4. The summed E-state index contributed by atoms with van der Waals surface area (Å²) in [6, 6.07) is 10.5. The molecule has 256 valence electrons. The van der Waals surface area contributed by atoms with Crippen molar-refractivity contribution in [2.75, 3.05) is 66.5 Å². The number of benzene rings is 2. The summed E-state index contributed by atoms with van der Waals surface area (Å²) in [7, 11) is 3.18. The second-order valence-corrected chi connectivity index (χ2v) is 13.7. The maximum absolute atomic E-state index is 13.4. The van der Waals surface area contributed by atoms with Crippen LogP contribution in [0.4, 0.5) is 4.79 Å². The van der Waals surface area contributed by atoms with E-state index in [2.05, 4.69) is 15.4 Å². The minimum atomic E-state index is -0.255. The number of carbonyl (C=O) groups excluding carboxylic acids is 3. The molecule has 2 aromatic rings. The SMILES string of the molecule is CO/N=C(\CN(C)C(=O)c1cc(Cl)cc(Cl)c1)[C@H](CCN1CCC(N2CCCN(CCNC(C)=O)C2=O)CC1)c1ccc(Cl)c(Cl)c1. The number of hydrogen-bond acceptors (Lipinski definition) is 6. The van der Waals surface area contributed by atoms with E-state index in [0.29, 0.717) is 57.4 Å². The van der Waals surface area contributed by atoms with Crippen LogP contribution in [0.15, 0.2) is 41.6 Å². The van der Waals surface area contributed by atoms with Gasteiger partial charge in [0, 0.05) is 80.8 Å². The predicted octanol–water partition coefficient (Wildman–Crippen LogP) is 6.28. The summed E-state index contributed by atoms with van der Waals surface area (Å²) in [6.07, 6.45) is 3.36. The Morgan fingerprint density at radius 2 is 1.70 bits per heavy atom. The molecule has 2 fully saturated rings. The third-order valence-corrected chi connectivity index (χ3v) is 9.82. The molecule has 0 radical (unpaired) electrons. The molecule has 1 atom stereocenters. The molecule has 1 N–H and O–H groups in total. The number of likely N-dealkylation sites (tertiary alicyclic amines) is 1. The van der Waals surface area contributed by atoms with Crippen molar-refractivity contribution in [2.45, 2.75) is 44.6 Å². The zero-order valence-corrected chi connectivity index (χ0v) is 30.0. The lowest BCUT2D eigenvalue weighted by Gasteiger charge is -2.43. The molecule has 47 heavy (non-hydrogen) atoms. The van der Waals surface area contributed by atoms with E-state index in [-0.39, 0.29) is 36.3 Å². The van der Waals surface area contributed by atoms with Crippen LogP contribution >= 0.6 is 46.4 Å². The summed E-state index contributed by atoms with van der Waals surface area (Å²) >= 11 is 25.0. The van der Waals surface area contributed by atoms with Gasteiger partial charge in [-0.3, -0.25) is 9.59 Å². The minimum Gasteiger partial charge on any atom is -0.399 e. The third kappa shape index (κ3) is 10.4. The Morgan fingerprint density at radius 3 is 2.34 bits per heavy atom. The molecule has 14 heteroatoms. The zero-order chi connectivity index (χ0) is 34.1. The quantitative estimate of drug-likeness (QED) is 0.194. The second-order valence-electron chi connectivity index (χ2n) is 12.0. The highest BCUT2D eigenvalue weighted by molar-refractivity contribution is 6.42. The number of piperidine rings is 1. The third-order valence-electron chi connectivity index (χ3n) is 8.64. The van der Waals surface area contributed by atoms with Crippen LogP contribution < -0.4 is 5.32 Å². The van der Waals surface area contributed by atoms with Gasteiger partial charge in [-0.05, 0) is 68.1 Å². The van der Waals surface area contributed by atoms with Crippen LogP contribution in [0.3, 0.4) is 0 Å². The fourth-order valence-corrected chi connectivity index (χ4v) is 7.10. The van der Waals surface area contributed by atoms with Crippen LogP contribution in [-0.4, -0.2) is 116 Å². The molecule has 0 saturated carbocycles. The van der Waals surface area contributed by atoms with Crippen molar-refractivity contribution >= 4 is 70.0 Å². The number of carbonyl (C=O) groups is 3. The van der Waals surface area contributed by atoms with Crippen LogP contribution in [0.5, 0.6) is 0 Å². The molecule has 0 aliphatic carbocycles. The predicted molar refractivity (Wildman–Crippen MR) is 188 cm³/mol. The van der Waals surface area contributed by atoms with Crippen molar-refractivity contribution < 1.29 is 19.2 Å². The van der Waals surface area contributed by atoms with Gasteiger partial charge in [-0.1, -0.05) is 57.6 Å². The van der Waals surface area contributed by atoms with Crippen molar-refractivity contribution in [1.29, 1.82) is 0 Å². The monoisotopic (exact) mass is 726 g/mol. The van der Waals surface area contributed by atoms with Crippen molar-refractivity contribution in [2.24, 2.45) is 5.16 Å². The summed E-state index contributed by atoms with van der Waals surface area (Å²) in [5.41, 5.74) is 1.94. The molecule has 10 nitrogen and oxygen atoms in total. The van der Waals surface area contributed by atoms with Gasteiger partial charge in [0.2, 0.25) is 5.91 Å². The number of amides is 4. The van der Waals surface area contributed by atoms with E-state index < -0.39 is 0 Å². The van der Waals surface area contributed by atoms with Crippen LogP contribution in [0.25, 0.3) is 0 Å². The van der Waals surface area contributed by atoms with Gasteiger partial charge in [0.05, 0.1) is 22.3 Å². The number of nitrogens with zero attached hydrogens (tertiary/aromatic N) is 5. The van der Waals surface area contributed by atoms with E-state index in [4.69, 9.17) is 51.2 Å². The van der Waals surface area contributed by atoms with Gasteiger partial charge >= 0.3 is 6.03 Å². The maximum atomic E-state index is 13.4. The Bertz CT molecular complexity index is 1430. The largest absolute Gasteiger partial charge is 0.399 e. The Labute approximate surface area is 296 Å². The van der Waals surface area contributed by atoms with Crippen molar-refractivity contribution in [3.05, 3.63) is 67.6 Å². The first-order valence-corrected chi connectivity index (χ1v) is 17.3. The van der Waals surface area contributed by atoms with E-state index >= 15 is 0 Å².